The first-order valence-electron chi connectivity index (χ1n) is 11.6. The molecule has 7 nitrogen and oxygen atoms in total. The van der Waals surface area contributed by atoms with E-state index in [0.29, 0.717) is 45.0 Å². The molecule has 9 heteroatoms. The molecule has 0 unspecified atom stereocenters. The van der Waals surface area contributed by atoms with E-state index in [0.717, 1.165) is 16.7 Å². The van der Waals surface area contributed by atoms with Crippen molar-refractivity contribution in [2.24, 2.45) is 0 Å². The Morgan fingerprint density at radius 3 is 2.71 bits per heavy atom. The van der Waals surface area contributed by atoms with Crippen molar-refractivity contribution in [2.45, 2.75) is 6.92 Å². The van der Waals surface area contributed by atoms with Gasteiger partial charge in [-0.05, 0) is 79.3 Å². The number of carbonyl (C=O) groups is 1. The van der Waals surface area contributed by atoms with Crippen LogP contribution in [0.2, 0.25) is 5.02 Å². The Labute approximate surface area is 229 Å². The minimum Gasteiger partial charge on any atom is -0.497 e. The van der Waals surface area contributed by atoms with Crippen LogP contribution in [-0.4, -0.2) is 23.1 Å². The van der Waals surface area contributed by atoms with E-state index in [1.807, 2.05) is 73.7 Å². The second-order valence-corrected chi connectivity index (χ2v) is 9.19. The summed E-state index contributed by atoms with van der Waals surface area (Å²) in [6.07, 6.45) is 2.92. The van der Waals surface area contributed by atoms with Crippen LogP contribution in [0.15, 0.2) is 87.7 Å². The van der Waals surface area contributed by atoms with Crippen LogP contribution in [0.1, 0.15) is 11.3 Å². The molecular weight excluding hydrogens is 522 g/mol. The third-order valence-electron chi connectivity index (χ3n) is 5.68. The van der Waals surface area contributed by atoms with Gasteiger partial charge in [0.25, 0.3) is 0 Å². The summed E-state index contributed by atoms with van der Waals surface area (Å²) >= 11 is 11.5. The first kappa shape index (κ1) is 25.3. The Hall–Kier alpha value is -4.40. The Bertz CT molecular complexity index is 1690. The van der Waals surface area contributed by atoms with Crippen molar-refractivity contribution < 1.29 is 18.4 Å². The number of anilines is 1. The fourth-order valence-electron chi connectivity index (χ4n) is 3.71. The van der Waals surface area contributed by atoms with Crippen LogP contribution in [0.3, 0.4) is 0 Å². The molecule has 0 bridgehead atoms. The molecule has 2 heterocycles. The number of hydrogen-bond acceptors (Lipinski definition) is 6. The Balaban J connectivity index is 1.20. The minimum absolute atomic E-state index is 0.147. The largest absolute Gasteiger partial charge is 0.497 e. The number of methoxy groups -OCH3 is 1. The van der Waals surface area contributed by atoms with E-state index in [4.69, 9.17) is 37.4 Å². The monoisotopic (exact) mass is 543 g/mol. The highest BCUT2D eigenvalue weighted by molar-refractivity contribution is 7.80. The van der Waals surface area contributed by atoms with Gasteiger partial charge in [-0.2, -0.15) is 0 Å². The second-order valence-electron chi connectivity index (χ2n) is 8.38. The topological polar surface area (TPSA) is 89.5 Å². The summed E-state index contributed by atoms with van der Waals surface area (Å²) in [6, 6.07) is 22.1. The number of aromatic nitrogens is 1. The van der Waals surface area contributed by atoms with Crippen LogP contribution in [0, 0.1) is 6.92 Å². The number of rotatable bonds is 6. The van der Waals surface area contributed by atoms with E-state index in [9.17, 15) is 4.79 Å². The lowest BCUT2D eigenvalue weighted by molar-refractivity contribution is -0.115. The predicted molar refractivity (Wildman–Crippen MR) is 153 cm³/mol. The summed E-state index contributed by atoms with van der Waals surface area (Å²) in [4.78, 5) is 16.9. The average molecular weight is 544 g/mol. The van der Waals surface area contributed by atoms with Gasteiger partial charge in [0.15, 0.2) is 10.7 Å². The lowest BCUT2D eigenvalue weighted by atomic mass is 10.1. The minimum atomic E-state index is -0.400. The molecule has 0 fully saturated rings. The number of aryl methyl sites for hydroxylation is 1. The summed E-state index contributed by atoms with van der Waals surface area (Å²) in [5, 5.41) is 6.45. The molecular formula is C29H22ClN3O4S. The van der Waals surface area contributed by atoms with Gasteiger partial charge in [-0.3, -0.25) is 10.1 Å². The van der Waals surface area contributed by atoms with Crippen LogP contribution >= 0.6 is 23.8 Å². The molecule has 0 atom stereocenters. The van der Waals surface area contributed by atoms with Gasteiger partial charge in [-0.15, -0.1) is 0 Å². The van der Waals surface area contributed by atoms with Crippen molar-refractivity contribution in [3.8, 4) is 28.5 Å². The van der Waals surface area contributed by atoms with Crippen LogP contribution in [0.4, 0.5) is 5.69 Å². The number of furan rings is 1. The maximum absolute atomic E-state index is 12.4. The zero-order valence-electron chi connectivity index (χ0n) is 20.4. The molecule has 0 spiro atoms. The van der Waals surface area contributed by atoms with Gasteiger partial charge >= 0.3 is 0 Å². The average Bonchev–Trinajstić information content (AvgIpc) is 3.56. The molecule has 0 aliphatic heterocycles. The van der Waals surface area contributed by atoms with Crippen molar-refractivity contribution in [3.05, 3.63) is 95.2 Å². The van der Waals surface area contributed by atoms with Crippen molar-refractivity contribution >= 4 is 57.7 Å². The van der Waals surface area contributed by atoms with E-state index in [1.165, 1.54) is 6.08 Å². The fourth-order valence-corrected chi connectivity index (χ4v) is 4.10. The number of fused-ring (bicyclic) bond motifs is 1. The maximum atomic E-state index is 12.4. The van der Waals surface area contributed by atoms with Crippen LogP contribution in [0.5, 0.6) is 5.75 Å². The van der Waals surface area contributed by atoms with Crippen LogP contribution < -0.4 is 15.4 Å². The van der Waals surface area contributed by atoms with Gasteiger partial charge in [0.1, 0.15) is 22.8 Å². The maximum Gasteiger partial charge on any atom is 0.250 e. The summed E-state index contributed by atoms with van der Waals surface area (Å²) in [5.74, 6) is 1.94. The van der Waals surface area contributed by atoms with E-state index >= 15 is 0 Å². The first-order chi connectivity index (χ1) is 18.4. The smallest absolute Gasteiger partial charge is 0.250 e. The number of carbonyl (C=O) groups excluding carboxylic acids is 1. The molecule has 2 N–H and O–H groups in total. The first-order valence-corrected chi connectivity index (χ1v) is 12.4. The van der Waals surface area contributed by atoms with Gasteiger partial charge in [-0.1, -0.05) is 29.8 Å². The van der Waals surface area contributed by atoms with E-state index in [-0.39, 0.29) is 5.11 Å². The number of thiocarbonyl (C=S) groups is 1. The van der Waals surface area contributed by atoms with E-state index < -0.39 is 5.91 Å². The molecule has 2 aromatic heterocycles. The van der Waals surface area contributed by atoms with Gasteiger partial charge in [0.05, 0.1) is 7.11 Å². The third-order valence-corrected chi connectivity index (χ3v) is 6.29. The zero-order valence-corrected chi connectivity index (χ0v) is 22.0. The standard InChI is InChI=1S/C29H22ClN3O4S/c1-17-6-7-18(15-23(17)30)25-11-8-21(36-25)10-13-27(34)33-29(38)31-20-5-3-4-19(14-20)28-32-24-16-22(35-2)9-12-26(24)37-28/h3-16H,1-2H3,(H2,31,33,34,38)/b13-10+. The molecule has 5 rings (SSSR count). The number of nitrogens with one attached hydrogen (secondary N) is 2. The van der Waals surface area contributed by atoms with Gasteiger partial charge in [-0.25, -0.2) is 4.98 Å². The quantitative estimate of drug-likeness (QED) is 0.172. The van der Waals surface area contributed by atoms with Crippen LogP contribution in [0.25, 0.3) is 40.0 Å². The molecule has 0 radical (unpaired) electrons. The third kappa shape index (κ3) is 5.77. The highest BCUT2D eigenvalue weighted by atomic mass is 35.5. The number of halogens is 1. The SMILES string of the molecule is COc1ccc2oc(-c3cccc(NC(=S)NC(=O)/C=C/c4ccc(-c5ccc(C)c(Cl)c5)o4)c3)nc2c1. The highest BCUT2D eigenvalue weighted by Gasteiger charge is 2.11. The molecule has 0 aliphatic rings. The Kier molecular flexibility index (Phi) is 7.26. The highest BCUT2D eigenvalue weighted by Crippen LogP contribution is 2.29. The molecule has 38 heavy (non-hydrogen) atoms. The van der Waals surface area contributed by atoms with Crippen molar-refractivity contribution in [3.63, 3.8) is 0 Å². The van der Waals surface area contributed by atoms with Crippen molar-refractivity contribution in [1.82, 2.24) is 10.3 Å². The molecule has 0 aliphatic carbocycles. The zero-order chi connectivity index (χ0) is 26.6. The van der Waals surface area contributed by atoms with Crippen molar-refractivity contribution in [2.75, 3.05) is 12.4 Å². The number of ether oxygens (including phenoxy) is 1. The summed E-state index contributed by atoms with van der Waals surface area (Å²) in [6.45, 7) is 1.94. The van der Waals surface area contributed by atoms with E-state index in [1.54, 1.807) is 19.3 Å². The Morgan fingerprint density at radius 1 is 1.03 bits per heavy atom. The predicted octanol–water partition coefficient (Wildman–Crippen LogP) is 7.25. The number of hydrogen-bond donors (Lipinski definition) is 2. The Morgan fingerprint density at radius 2 is 1.89 bits per heavy atom. The summed E-state index contributed by atoms with van der Waals surface area (Å²) in [7, 11) is 1.60. The van der Waals surface area contributed by atoms with Gasteiger partial charge < -0.3 is 18.9 Å². The fraction of sp³-hybridized carbons (Fsp3) is 0.0690. The number of amides is 1. The lowest BCUT2D eigenvalue weighted by Crippen LogP contribution is -2.32. The molecule has 0 saturated carbocycles. The van der Waals surface area contributed by atoms with E-state index in [2.05, 4.69) is 15.6 Å². The molecule has 1 amide bonds. The van der Waals surface area contributed by atoms with Gasteiger partial charge in [0.2, 0.25) is 11.8 Å². The number of benzene rings is 3. The van der Waals surface area contributed by atoms with Gasteiger partial charge in [0, 0.05) is 34.0 Å². The molecule has 190 valence electrons. The summed E-state index contributed by atoms with van der Waals surface area (Å²) in [5.41, 5.74) is 4.61. The molecule has 0 saturated heterocycles. The van der Waals surface area contributed by atoms with Crippen LogP contribution in [-0.2, 0) is 4.79 Å². The normalized spacial score (nSPS) is 11.1. The molecule has 5 aromatic rings. The van der Waals surface area contributed by atoms with Crippen molar-refractivity contribution in [1.29, 1.82) is 0 Å². The number of nitrogens with zero attached hydrogens (tertiary/aromatic N) is 1. The lowest BCUT2D eigenvalue weighted by Gasteiger charge is -2.08. The second kappa shape index (κ2) is 10.9. The molecule has 3 aromatic carbocycles. The number of oxazole rings is 1. The summed E-state index contributed by atoms with van der Waals surface area (Å²) < 4.78 is 16.9.